The highest BCUT2D eigenvalue weighted by Gasteiger charge is 2.02. The summed E-state index contributed by atoms with van der Waals surface area (Å²) in [5, 5.41) is 14.4. The maximum atomic E-state index is 5.42. The molecule has 0 atom stereocenters. The molecular formula is C12H10BrN5O. The highest BCUT2D eigenvalue weighted by atomic mass is 79.9. The summed E-state index contributed by atoms with van der Waals surface area (Å²) < 4.78 is 7.76. The normalized spacial score (nSPS) is 10.6. The van der Waals surface area contributed by atoms with Gasteiger partial charge in [0.15, 0.2) is 4.67 Å². The van der Waals surface area contributed by atoms with E-state index in [0.717, 1.165) is 21.8 Å². The van der Waals surface area contributed by atoms with Crippen molar-refractivity contribution >= 4 is 21.6 Å². The minimum atomic E-state index is 0.616. The molecule has 0 saturated carbocycles. The van der Waals surface area contributed by atoms with Gasteiger partial charge in [0.05, 0.1) is 12.2 Å². The monoisotopic (exact) mass is 319 g/mol. The number of anilines is 1. The van der Waals surface area contributed by atoms with Gasteiger partial charge in [-0.25, -0.2) is 4.68 Å². The molecule has 0 unspecified atom stereocenters. The second-order valence-corrected chi connectivity index (χ2v) is 4.65. The molecule has 0 saturated heterocycles. The van der Waals surface area contributed by atoms with Crippen LogP contribution in [0.4, 0.5) is 5.69 Å². The summed E-state index contributed by atoms with van der Waals surface area (Å²) in [4.78, 5) is 0. The van der Waals surface area contributed by atoms with Crippen LogP contribution in [0, 0.1) is 0 Å². The zero-order valence-corrected chi connectivity index (χ0v) is 11.4. The van der Waals surface area contributed by atoms with Gasteiger partial charge in [-0.2, -0.15) is 0 Å². The number of aromatic nitrogens is 4. The summed E-state index contributed by atoms with van der Waals surface area (Å²) in [6.45, 7) is 0.616. The fourth-order valence-corrected chi connectivity index (χ4v) is 2.01. The molecule has 6 nitrogen and oxygen atoms in total. The molecule has 0 aliphatic carbocycles. The van der Waals surface area contributed by atoms with Crippen LogP contribution in [0.1, 0.15) is 5.76 Å². The lowest BCUT2D eigenvalue weighted by Crippen LogP contribution is -2.00. The van der Waals surface area contributed by atoms with Crippen LogP contribution in [0.25, 0.3) is 5.69 Å². The molecule has 0 radical (unpaired) electrons. The van der Waals surface area contributed by atoms with Gasteiger partial charge in [0, 0.05) is 5.69 Å². The fourth-order valence-electron chi connectivity index (χ4n) is 1.67. The smallest absolute Gasteiger partial charge is 0.169 e. The number of nitrogens with zero attached hydrogens (tertiary/aromatic N) is 4. The van der Waals surface area contributed by atoms with Crippen LogP contribution in [0.15, 0.2) is 51.8 Å². The van der Waals surface area contributed by atoms with E-state index in [1.807, 2.05) is 36.4 Å². The molecule has 0 aliphatic rings. The Labute approximate surface area is 117 Å². The van der Waals surface area contributed by atoms with Gasteiger partial charge in [-0.3, -0.25) is 0 Å². The molecule has 7 heteroatoms. The van der Waals surface area contributed by atoms with Gasteiger partial charge >= 0.3 is 0 Å². The second kappa shape index (κ2) is 5.23. The van der Waals surface area contributed by atoms with E-state index < -0.39 is 0 Å². The molecule has 0 bridgehead atoms. The summed E-state index contributed by atoms with van der Waals surface area (Å²) >= 11 is 3.28. The number of halogens is 1. The molecule has 0 aliphatic heterocycles. The predicted molar refractivity (Wildman–Crippen MR) is 72.9 cm³/mol. The number of hydrogen-bond acceptors (Lipinski definition) is 5. The molecule has 19 heavy (non-hydrogen) atoms. The Morgan fingerprint density at radius 3 is 2.95 bits per heavy atom. The van der Waals surface area contributed by atoms with Gasteiger partial charge in [-0.05, 0) is 56.7 Å². The molecule has 0 amide bonds. The van der Waals surface area contributed by atoms with Crippen LogP contribution in [0.2, 0.25) is 0 Å². The average molecular weight is 320 g/mol. The molecule has 1 aromatic carbocycles. The summed E-state index contributed by atoms with van der Waals surface area (Å²) in [5.74, 6) is 0.861. The standard InChI is InChI=1S/C12H10BrN5O/c13-12-5-4-11(19-12)7-14-9-2-1-3-10(6-9)18-8-15-16-17-18/h1-6,8,14H,7H2. The fraction of sp³-hybridized carbons (Fsp3) is 0.0833. The largest absolute Gasteiger partial charge is 0.452 e. The maximum absolute atomic E-state index is 5.42. The molecule has 0 spiro atoms. The summed E-state index contributed by atoms with van der Waals surface area (Å²) in [6.07, 6.45) is 1.56. The van der Waals surface area contributed by atoms with Crippen LogP contribution in [-0.2, 0) is 6.54 Å². The molecule has 0 fully saturated rings. The average Bonchev–Trinajstić information content (AvgIpc) is 3.08. The van der Waals surface area contributed by atoms with E-state index in [4.69, 9.17) is 4.42 Å². The van der Waals surface area contributed by atoms with Crippen molar-refractivity contribution in [3.05, 3.63) is 53.2 Å². The zero-order chi connectivity index (χ0) is 13.1. The number of hydrogen-bond donors (Lipinski definition) is 1. The van der Waals surface area contributed by atoms with E-state index in [2.05, 4.69) is 36.8 Å². The Balaban J connectivity index is 1.73. The summed E-state index contributed by atoms with van der Waals surface area (Å²) in [6, 6.07) is 11.6. The first-order valence-electron chi connectivity index (χ1n) is 5.63. The quantitative estimate of drug-likeness (QED) is 0.800. The predicted octanol–water partition coefficient (Wildman–Crippen LogP) is 2.63. The zero-order valence-electron chi connectivity index (χ0n) is 9.82. The lowest BCUT2D eigenvalue weighted by molar-refractivity contribution is 0.495. The lowest BCUT2D eigenvalue weighted by atomic mass is 10.2. The van der Waals surface area contributed by atoms with Crippen LogP contribution in [-0.4, -0.2) is 20.2 Å². The van der Waals surface area contributed by atoms with Crippen molar-refractivity contribution in [2.75, 3.05) is 5.32 Å². The maximum Gasteiger partial charge on any atom is 0.169 e. The Morgan fingerprint density at radius 2 is 2.21 bits per heavy atom. The molecule has 96 valence electrons. The van der Waals surface area contributed by atoms with Gasteiger partial charge in [0.2, 0.25) is 0 Å². The Morgan fingerprint density at radius 1 is 1.26 bits per heavy atom. The highest BCUT2D eigenvalue weighted by molar-refractivity contribution is 9.10. The Kier molecular flexibility index (Phi) is 3.28. The minimum absolute atomic E-state index is 0.616. The van der Waals surface area contributed by atoms with E-state index >= 15 is 0 Å². The van der Waals surface area contributed by atoms with Crippen molar-refractivity contribution < 1.29 is 4.42 Å². The van der Waals surface area contributed by atoms with Gasteiger partial charge in [-0.1, -0.05) is 6.07 Å². The van der Waals surface area contributed by atoms with Crippen molar-refractivity contribution in [3.63, 3.8) is 0 Å². The van der Waals surface area contributed by atoms with E-state index in [-0.39, 0.29) is 0 Å². The van der Waals surface area contributed by atoms with E-state index in [9.17, 15) is 0 Å². The third kappa shape index (κ3) is 2.82. The van der Waals surface area contributed by atoms with Gasteiger partial charge in [-0.15, -0.1) is 5.10 Å². The SMILES string of the molecule is Brc1ccc(CNc2cccc(-n3cnnn3)c2)o1. The molecule has 2 heterocycles. The van der Waals surface area contributed by atoms with Crippen molar-refractivity contribution in [1.29, 1.82) is 0 Å². The second-order valence-electron chi connectivity index (χ2n) is 3.86. The van der Waals surface area contributed by atoms with E-state index in [0.29, 0.717) is 6.54 Å². The minimum Gasteiger partial charge on any atom is -0.452 e. The van der Waals surface area contributed by atoms with Crippen LogP contribution in [0.3, 0.4) is 0 Å². The van der Waals surface area contributed by atoms with E-state index in [1.165, 1.54) is 0 Å². The van der Waals surface area contributed by atoms with Crippen molar-refractivity contribution in [3.8, 4) is 5.69 Å². The number of rotatable bonds is 4. The van der Waals surface area contributed by atoms with Gasteiger partial charge in [0.1, 0.15) is 12.1 Å². The van der Waals surface area contributed by atoms with Crippen molar-refractivity contribution in [2.45, 2.75) is 6.54 Å². The summed E-state index contributed by atoms with van der Waals surface area (Å²) in [5.41, 5.74) is 1.87. The van der Waals surface area contributed by atoms with Crippen LogP contribution >= 0.6 is 15.9 Å². The number of tetrazole rings is 1. The first kappa shape index (κ1) is 11.9. The van der Waals surface area contributed by atoms with Crippen LogP contribution in [0.5, 0.6) is 0 Å². The molecule has 3 rings (SSSR count). The van der Waals surface area contributed by atoms with Gasteiger partial charge < -0.3 is 9.73 Å². The van der Waals surface area contributed by atoms with Crippen molar-refractivity contribution in [2.24, 2.45) is 0 Å². The molecule has 1 N–H and O–H groups in total. The van der Waals surface area contributed by atoms with E-state index in [1.54, 1.807) is 11.0 Å². The number of furan rings is 1. The topological polar surface area (TPSA) is 68.8 Å². The first-order valence-corrected chi connectivity index (χ1v) is 6.42. The third-order valence-corrected chi connectivity index (χ3v) is 2.98. The number of nitrogens with one attached hydrogen (secondary N) is 1. The van der Waals surface area contributed by atoms with Gasteiger partial charge in [0.25, 0.3) is 0 Å². The highest BCUT2D eigenvalue weighted by Crippen LogP contribution is 2.17. The molecule has 2 aromatic heterocycles. The molecular weight excluding hydrogens is 310 g/mol. The Hall–Kier alpha value is -2.15. The third-order valence-electron chi connectivity index (χ3n) is 2.56. The first-order chi connectivity index (χ1) is 9.31. The summed E-state index contributed by atoms with van der Waals surface area (Å²) in [7, 11) is 0. The van der Waals surface area contributed by atoms with Crippen LogP contribution < -0.4 is 5.32 Å². The lowest BCUT2D eigenvalue weighted by Gasteiger charge is -2.06. The Bertz CT molecular complexity index is 664. The van der Waals surface area contributed by atoms with Crippen molar-refractivity contribution in [1.82, 2.24) is 20.2 Å². The number of benzene rings is 1. The molecule has 3 aromatic rings.